The van der Waals surface area contributed by atoms with E-state index in [1.54, 1.807) is 30.5 Å². The minimum Gasteiger partial charge on any atom is -0.476 e. The smallest absolute Gasteiger partial charge is 0.357 e. The Morgan fingerprint density at radius 2 is 1.95 bits per heavy atom. The van der Waals surface area contributed by atoms with Gasteiger partial charge < -0.3 is 5.11 Å². The van der Waals surface area contributed by atoms with Gasteiger partial charge in [0.1, 0.15) is 5.03 Å². The molecule has 0 amide bonds. The average molecular weight is 318 g/mol. The van der Waals surface area contributed by atoms with Crippen molar-refractivity contribution in [1.82, 2.24) is 15.2 Å². The van der Waals surface area contributed by atoms with Crippen molar-refractivity contribution in [3.8, 4) is 0 Å². The van der Waals surface area contributed by atoms with Crippen LogP contribution in [0.4, 0.5) is 0 Å². The van der Waals surface area contributed by atoms with Gasteiger partial charge >= 0.3 is 5.97 Å². The van der Waals surface area contributed by atoms with E-state index in [0.717, 1.165) is 0 Å². The predicted molar refractivity (Wildman–Crippen MR) is 79.9 cm³/mol. The number of benzene rings is 1. The highest BCUT2D eigenvalue weighted by Gasteiger charge is 2.19. The summed E-state index contributed by atoms with van der Waals surface area (Å²) in [5.41, 5.74) is 0.512. The number of carboxylic acids is 1. The molecule has 0 bridgehead atoms. The van der Waals surface area contributed by atoms with E-state index in [4.69, 9.17) is 11.6 Å². The summed E-state index contributed by atoms with van der Waals surface area (Å²) in [6, 6.07) is 10.6. The third-order valence-electron chi connectivity index (χ3n) is 2.75. The molecule has 7 heteroatoms. The maximum Gasteiger partial charge on any atom is 0.357 e. The van der Waals surface area contributed by atoms with Gasteiger partial charge in [0.25, 0.3) is 0 Å². The Labute approximate surface area is 129 Å². The van der Waals surface area contributed by atoms with Crippen molar-refractivity contribution < 1.29 is 9.90 Å². The molecule has 0 fully saturated rings. The minimum absolute atomic E-state index is 0.111. The molecule has 0 radical (unpaired) electrons. The van der Waals surface area contributed by atoms with Crippen LogP contribution < -0.4 is 0 Å². The highest BCUT2D eigenvalue weighted by molar-refractivity contribution is 7.99. The standard InChI is InChI=1S/C14H8ClN3O2S/c15-9-5-3-7-16-13(9)21-12-8-4-1-2-6-10(8)17-18-11(12)14(19)20/h1-7H,(H,19,20). The van der Waals surface area contributed by atoms with Crippen LogP contribution in [0.1, 0.15) is 10.5 Å². The van der Waals surface area contributed by atoms with E-state index in [1.165, 1.54) is 11.8 Å². The van der Waals surface area contributed by atoms with Gasteiger partial charge in [-0.15, -0.1) is 10.2 Å². The van der Waals surface area contributed by atoms with Gasteiger partial charge in [0.05, 0.1) is 15.4 Å². The van der Waals surface area contributed by atoms with Gasteiger partial charge in [0.15, 0.2) is 5.69 Å². The number of carboxylic acid groups (broad SMARTS) is 1. The number of aromatic nitrogens is 3. The Bertz CT molecular complexity index is 841. The average Bonchev–Trinajstić information content (AvgIpc) is 2.49. The molecule has 21 heavy (non-hydrogen) atoms. The minimum atomic E-state index is -1.14. The summed E-state index contributed by atoms with van der Waals surface area (Å²) in [5.74, 6) is -1.14. The molecule has 0 aliphatic heterocycles. The first-order valence-electron chi connectivity index (χ1n) is 5.94. The van der Waals surface area contributed by atoms with Gasteiger partial charge in [0.2, 0.25) is 0 Å². The summed E-state index contributed by atoms with van der Waals surface area (Å²) in [6.07, 6.45) is 1.60. The summed E-state index contributed by atoms with van der Waals surface area (Å²) in [7, 11) is 0. The maximum atomic E-state index is 11.4. The van der Waals surface area contributed by atoms with Crippen molar-refractivity contribution >= 4 is 40.2 Å². The largest absolute Gasteiger partial charge is 0.476 e. The summed E-state index contributed by atoms with van der Waals surface area (Å²) in [6.45, 7) is 0. The van der Waals surface area contributed by atoms with Crippen LogP contribution in [-0.4, -0.2) is 26.3 Å². The Kier molecular flexibility index (Phi) is 3.72. The van der Waals surface area contributed by atoms with E-state index in [9.17, 15) is 9.90 Å². The van der Waals surface area contributed by atoms with Gasteiger partial charge in [0, 0.05) is 11.6 Å². The zero-order valence-corrected chi connectivity index (χ0v) is 12.1. The first-order chi connectivity index (χ1) is 10.2. The summed E-state index contributed by atoms with van der Waals surface area (Å²) >= 11 is 7.26. The zero-order valence-electron chi connectivity index (χ0n) is 10.5. The molecule has 0 atom stereocenters. The molecular weight excluding hydrogens is 310 g/mol. The molecule has 5 nitrogen and oxygen atoms in total. The fraction of sp³-hybridized carbons (Fsp3) is 0. The van der Waals surface area contributed by atoms with Crippen LogP contribution in [0.25, 0.3) is 10.9 Å². The quantitative estimate of drug-likeness (QED) is 0.796. The fourth-order valence-corrected chi connectivity index (χ4v) is 3.03. The lowest BCUT2D eigenvalue weighted by molar-refractivity contribution is 0.0685. The number of hydrogen-bond donors (Lipinski definition) is 1. The number of aromatic carboxylic acids is 1. The van der Waals surface area contributed by atoms with Crippen molar-refractivity contribution in [3.63, 3.8) is 0 Å². The van der Waals surface area contributed by atoms with Gasteiger partial charge in [-0.3, -0.25) is 0 Å². The first kappa shape index (κ1) is 13.8. The van der Waals surface area contributed by atoms with Gasteiger partial charge in [-0.1, -0.05) is 41.6 Å². The topological polar surface area (TPSA) is 76.0 Å². The zero-order chi connectivity index (χ0) is 14.8. The van der Waals surface area contributed by atoms with E-state index < -0.39 is 5.97 Å². The van der Waals surface area contributed by atoms with Crippen LogP contribution in [-0.2, 0) is 0 Å². The molecular formula is C14H8ClN3O2S. The lowest BCUT2D eigenvalue weighted by Crippen LogP contribution is -2.05. The van der Waals surface area contributed by atoms with Gasteiger partial charge in [-0.25, -0.2) is 9.78 Å². The lowest BCUT2D eigenvalue weighted by atomic mass is 10.2. The lowest BCUT2D eigenvalue weighted by Gasteiger charge is -2.08. The number of pyridine rings is 1. The predicted octanol–water partition coefficient (Wildman–Crippen LogP) is 3.53. The molecule has 104 valence electrons. The van der Waals surface area contributed by atoms with Crippen molar-refractivity contribution in [1.29, 1.82) is 0 Å². The Hall–Kier alpha value is -2.18. The molecule has 1 N–H and O–H groups in total. The highest BCUT2D eigenvalue weighted by atomic mass is 35.5. The van der Waals surface area contributed by atoms with E-state index in [0.29, 0.717) is 25.8 Å². The van der Waals surface area contributed by atoms with Crippen LogP contribution in [0.5, 0.6) is 0 Å². The third-order valence-corrected chi connectivity index (χ3v) is 4.30. The van der Waals surface area contributed by atoms with Gasteiger partial charge in [-0.05, 0) is 18.2 Å². The summed E-state index contributed by atoms with van der Waals surface area (Å²) in [5, 5.41) is 18.7. The maximum absolute atomic E-state index is 11.4. The number of carbonyl (C=O) groups is 1. The first-order valence-corrected chi connectivity index (χ1v) is 7.13. The molecule has 2 aromatic heterocycles. The number of rotatable bonds is 3. The molecule has 3 rings (SSSR count). The number of fused-ring (bicyclic) bond motifs is 1. The van der Waals surface area contributed by atoms with E-state index >= 15 is 0 Å². The molecule has 0 saturated heterocycles. The molecule has 0 unspecified atom stereocenters. The Morgan fingerprint density at radius 3 is 2.71 bits per heavy atom. The van der Waals surface area contributed by atoms with Crippen molar-refractivity contribution in [2.75, 3.05) is 0 Å². The van der Waals surface area contributed by atoms with Crippen molar-refractivity contribution in [2.24, 2.45) is 0 Å². The monoisotopic (exact) mass is 317 g/mol. The molecule has 0 spiro atoms. The summed E-state index contributed by atoms with van der Waals surface area (Å²) < 4.78 is 0. The normalized spacial score (nSPS) is 10.7. The van der Waals surface area contributed by atoms with E-state index in [1.807, 2.05) is 12.1 Å². The summed E-state index contributed by atoms with van der Waals surface area (Å²) in [4.78, 5) is 16.0. The van der Waals surface area contributed by atoms with Crippen LogP contribution >= 0.6 is 23.4 Å². The van der Waals surface area contributed by atoms with Crippen molar-refractivity contribution in [3.05, 3.63) is 53.3 Å². The Morgan fingerprint density at radius 1 is 1.14 bits per heavy atom. The van der Waals surface area contributed by atoms with Crippen molar-refractivity contribution in [2.45, 2.75) is 9.92 Å². The number of halogens is 1. The highest BCUT2D eigenvalue weighted by Crippen LogP contribution is 2.36. The van der Waals surface area contributed by atoms with Crippen LogP contribution in [0.15, 0.2) is 52.5 Å². The SMILES string of the molecule is O=C(O)c1nnc2ccccc2c1Sc1ncccc1Cl. The molecule has 0 saturated carbocycles. The molecule has 0 aliphatic carbocycles. The van der Waals surface area contributed by atoms with Crippen LogP contribution in [0.2, 0.25) is 5.02 Å². The van der Waals surface area contributed by atoms with Gasteiger partial charge in [-0.2, -0.15) is 0 Å². The Balaban J connectivity index is 2.21. The fourth-order valence-electron chi connectivity index (χ4n) is 1.82. The second-order valence-electron chi connectivity index (χ2n) is 4.09. The molecule has 2 heterocycles. The van der Waals surface area contributed by atoms with Crippen LogP contribution in [0.3, 0.4) is 0 Å². The number of hydrogen-bond acceptors (Lipinski definition) is 5. The molecule has 0 aliphatic rings. The second-order valence-corrected chi connectivity index (χ2v) is 5.50. The number of nitrogens with zero attached hydrogens (tertiary/aromatic N) is 3. The second kappa shape index (κ2) is 5.67. The van der Waals surface area contributed by atoms with E-state index in [-0.39, 0.29) is 5.69 Å². The molecule has 1 aromatic carbocycles. The third kappa shape index (κ3) is 2.68. The molecule has 3 aromatic rings. The van der Waals surface area contributed by atoms with E-state index in [2.05, 4.69) is 15.2 Å². The van der Waals surface area contributed by atoms with Crippen LogP contribution in [0, 0.1) is 0 Å².